The van der Waals surface area contributed by atoms with Crippen LogP contribution in [0, 0.1) is 0 Å². The first-order chi connectivity index (χ1) is 12.4. The molecule has 0 aliphatic carbocycles. The number of carbonyl (C=O) groups is 2. The van der Waals surface area contributed by atoms with Crippen LogP contribution < -0.4 is 0 Å². The molecule has 1 aromatic carbocycles. The molecule has 26 heavy (non-hydrogen) atoms. The number of imide groups is 1. The number of amides is 2. The Morgan fingerprint density at radius 3 is 1.58 bits per heavy atom. The number of nitrogens with zero attached hydrogens (tertiary/aromatic N) is 2. The predicted octanol–water partition coefficient (Wildman–Crippen LogP) is 4.50. The van der Waals surface area contributed by atoms with Crippen LogP contribution in [-0.4, -0.2) is 55.4 Å². The molecule has 0 radical (unpaired) electrons. The van der Waals surface area contributed by atoms with E-state index in [1.165, 1.54) is 56.4 Å². The van der Waals surface area contributed by atoms with Crippen molar-refractivity contribution in [2.24, 2.45) is 0 Å². The number of unbranched alkanes of at least 4 members (excludes halogenated alkanes) is 8. The van der Waals surface area contributed by atoms with Gasteiger partial charge in [0.2, 0.25) is 0 Å². The highest BCUT2D eigenvalue weighted by molar-refractivity contribution is 6.21. The molecular formula is C22H35N2O2+. The summed E-state index contributed by atoms with van der Waals surface area (Å²) in [7, 11) is 6.76. The maximum atomic E-state index is 12.3. The Labute approximate surface area is 158 Å². The van der Waals surface area contributed by atoms with Crippen LogP contribution in [0.15, 0.2) is 24.3 Å². The monoisotopic (exact) mass is 359 g/mol. The van der Waals surface area contributed by atoms with Gasteiger partial charge in [0, 0.05) is 6.54 Å². The molecule has 1 aliphatic heterocycles. The second-order valence-corrected chi connectivity index (χ2v) is 8.50. The van der Waals surface area contributed by atoms with E-state index in [4.69, 9.17) is 0 Å². The average Bonchev–Trinajstić information content (AvgIpc) is 2.83. The van der Waals surface area contributed by atoms with Crippen LogP contribution in [0.1, 0.15) is 78.5 Å². The molecule has 144 valence electrons. The SMILES string of the molecule is C[N+](C)(C)CCCCCCCCCCCN1C(=O)c2ccccc2C1=O. The fourth-order valence-electron chi connectivity index (χ4n) is 3.54. The van der Waals surface area contributed by atoms with Crippen molar-refractivity contribution in [2.45, 2.75) is 57.8 Å². The van der Waals surface area contributed by atoms with Gasteiger partial charge < -0.3 is 4.48 Å². The van der Waals surface area contributed by atoms with E-state index in [0.29, 0.717) is 17.7 Å². The lowest BCUT2D eigenvalue weighted by molar-refractivity contribution is -0.870. The van der Waals surface area contributed by atoms with Gasteiger partial charge in [-0.15, -0.1) is 0 Å². The minimum atomic E-state index is -0.125. The van der Waals surface area contributed by atoms with Gasteiger partial charge in [0.25, 0.3) is 11.8 Å². The molecule has 2 amide bonds. The summed E-state index contributed by atoms with van der Waals surface area (Å²) in [6.45, 7) is 1.81. The van der Waals surface area contributed by atoms with Crippen molar-refractivity contribution in [3.63, 3.8) is 0 Å². The molecule has 0 aromatic heterocycles. The maximum absolute atomic E-state index is 12.3. The minimum absolute atomic E-state index is 0.125. The first-order valence-electron chi connectivity index (χ1n) is 10.2. The summed E-state index contributed by atoms with van der Waals surface area (Å²) in [5.74, 6) is -0.251. The largest absolute Gasteiger partial charge is 0.331 e. The lowest BCUT2D eigenvalue weighted by atomic mass is 10.1. The molecule has 4 nitrogen and oxygen atoms in total. The van der Waals surface area contributed by atoms with E-state index in [0.717, 1.165) is 17.3 Å². The van der Waals surface area contributed by atoms with Crippen molar-refractivity contribution in [1.82, 2.24) is 4.90 Å². The van der Waals surface area contributed by atoms with Crippen molar-refractivity contribution >= 4 is 11.8 Å². The molecule has 4 heteroatoms. The van der Waals surface area contributed by atoms with Crippen LogP contribution in [-0.2, 0) is 0 Å². The Balaban J connectivity index is 1.49. The normalized spacial score (nSPS) is 14.2. The number of carbonyl (C=O) groups excluding carboxylic acids is 2. The third-order valence-electron chi connectivity index (χ3n) is 5.09. The lowest BCUT2D eigenvalue weighted by Crippen LogP contribution is -2.35. The van der Waals surface area contributed by atoms with Crippen LogP contribution in [0.25, 0.3) is 0 Å². The molecule has 1 aliphatic rings. The first-order valence-corrected chi connectivity index (χ1v) is 10.2. The maximum Gasteiger partial charge on any atom is 0.261 e. The number of hydrogen-bond acceptors (Lipinski definition) is 2. The summed E-state index contributed by atoms with van der Waals surface area (Å²) in [5, 5.41) is 0. The topological polar surface area (TPSA) is 37.4 Å². The van der Waals surface area contributed by atoms with Gasteiger partial charge in [0.05, 0.1) is 38.8 Å². The highest BCUT2D eigenvalue weighted by atomic mass is 16.2. The van der Waals surface area contributed by atoms with E-state index in [-0.39, 0.29) is 11.8 Å². The van der Waals surface area contributed by atoms with Gasteiger partial charge in [-0.3, -0.25) is 14.5 Å². The lowest BCUT2D eigenvalue weighted by Gasteiger charge is -2.23. The molecule has 0 spiro atoms. The fraction of sp³-hybridized carbons (Fsp3) is 0.636. The van der Waals surface area contributed by atoms with Crippen molar-refractivity contribution in [3.8, 4) is 0 Å². The average molecular weight is 360 g/mol. The molecular weight excluding hydrogens is 324 g/mol. The molecule has 0 fully saturated rings. The van der Waals surface area contributed by atoms with Crippen LogP contribution >= 0.6 is 0 Å². The van der Waals surface area contributed by atoms with Gasteiger partial charge in [-0.1, -0.05) is 50.7 Å². The van der Waals surface area contributed by atoms with Gasteiger partial charge >= 0.3 is 0 Å². The Hall–Kier alpha value is -1.68. The molecule has 1 heterocycles. The zero-order valence-corrected chi connectivity index (χ0v) is 16.8. The highest BCUT2D eigenvalue weighted by Gasteiger charge is 2.34. The van der Waals surface area contributed by atoms with Gasteiger partial charge in [-0.05, 0) is 31.4 Å². The quantitative estimate of drug-likeness (QED) is 0.313. The van der Waals surface area contributed by atoms with E-state index in [9.17, 15) is 9.59 Å². The number of benzene rings is 1. The van der Waals surface area contributed by atoms with Crippen LogP contribution in [0.5, 0.6) is 0 Å². The summed E-state index contributed by atoms with van der Waals surface area (Å²) in [4.78, 5) is 25.9. The Morgan fingerprint density at radius 1 is 0.692 bits per heavy atom. The predicted molar refractivity (Wildman–Crippen MR) is 106 cm³/mol. The van der Waals surface area contributed by atoms with Crippen LogP contribution in [0.2, 0.25) is 0 Å². The van der Waals surface area contributed by atoms with Crippen molar-refractivity contribution in [1.29, 1.82) is 0 Å². The van der Waals surface area contributed by atoms with Crippen molar-refractivity contribution in [2.75, 3.05) is 34.2 Å². The summed E-state index contributed by atoms with van der Waals surface area (Å²) in [5.41, 5.74) is 1.12. The van der Waals surface area contributed by atoms with E-state index in [1.807, 2.05) is 12.1 Å². The number of rotatable bonds is 12. The summed E-state index contributed by atoms with van der Waals surface area (Å²) >= 11 is 0. The summed E-state index contributed by atoms with van der Waals surface area (Å²) in [6, 6.07) is 7.12. The van der Waals surface area contributed by atoms with Gasteiger partial charge in [0.1, 0.15) is 0 Å². The Morgan fingerprint density at radius 2 is 1.12 bits per heavy atom. The van der Waals surface area contributed by atoms with E-state index in [2.05, 4.69) is 21.1 Å². The van der Waals surface area contributed by atoms with Gasteiger partial charge in [-0.25, -0.2) is 0 Å². The summed E-state index contributed by atoms with van der Waals surface area (Å²) in [6.07, 6.45) is 11.1. The number of hydrogen-bond donors (Lipinski definition) is 0. The zero-order chi connectivity index (χ0) is 19.0. The zero-order valence-electron chi connectivity index (χ0n) is 16.8. The second kappa shape index (κ2) is 9.86. The van der Waals surface area contributed by atoms with Crippen molar-refractivity contribution < 1.29 is 14.1 Å². The number of quaternary nitrogens is 1. The molecule has 0 saturated carbocycles. The first kappa shape index (κ1) is 20.6. The van der Waals surface area contributed by atoms with Crippen molar-refractivity contribution in [3.05, 3.63) is 35.4 Å². The Kier molecular flexibility index (Phi) is 7.83. The minimum Gasteiger partial charge on any atom is -0.331 e. The van der Waals surface area contributed by atoms with Crippen LogP contribution in [0.3, 0.4) is 0 Å². The van der Waals surface area contributed by atoms with E-state index < -0.39 is 0 Å². The van der Waals surface area contributed by atoms with Crippen LogP contribution in [0.4, 0.5) is 0 Å². The smallest absolute Gasteiger partial charge is 0.261 e. The molecule has 0 bridgehead atoms. The molecule has 1 aromatic rings. The molecule has 0 atom stereocenters. The summed E-state index contributed by atoms with van der Waals surface area (Å²) < 4.78 is 1.06. The Bertz CT molecular complexity index is 569. The van der Waals surface area contributed by atoms with Gasteiger partial charge in [0.15, 0.2) is 0 Å². The van der Waals surface area contributed by atoms with E-state index >= 15 is 0 Å². The third-order valence-corrected chi connectivity index (χ3v) is 5.09. The number of fused-ring (bicyclic) bond motifs is 1. The molecule has 2 rings (SSSR count). The third kappa shape index (κ3) is 6.24. The fourth-order valence-corrected chi connectivity index (χ4v) is 3.54. The molecule has 0 saturated heterocycles. The highest BCUT2D eigenvalue weighted by Crippen LogP contribution is 2.23. The molecule has 0 N–H and O–H groups in total. The van der Waals surface area contributed by atoms with Gasteiger partial charge in [-0.2, -0.15) is 0 Å². The van der Waals surface area contributed by atoms with E-state index in [1.54, 1.807) is 12.1 Å². The second-order valence-electron chi connectivity index (χ2n) is 8.50. The standard InChI is InChI=1S/C22H35N2O2/c1-24(2,3)18-14-10-8-6-4-5-7-9-13-17-23-21(25)19-15-11-12-16-20(19)22(23)26/h11-12,15-16H,4-10,13-14,17-18H2,1-3H3/q+1. The molecule has 0 unspecified atom stereocenters.